The molecular weight excluding hydrogens is 272 g/mol. The van der Waals surface area contributed by atoms with Crippen molar-refractivity contribution in [1.29, 1.82) is 0 Å². The van der Waals surface area contributed by atoms with Gasteiger partial charge in [0.2, 0.25) is 0 Å². The molecule has 126 valence electrons. The van der Waals surface area contributed by atoms with Crippen molar-refractivity contribution in [2.75, 3.05) is 6.61 Å². The largest absolute Gasteiger partial charge is 0.348 e. The summed E-state index contributed by atoms with van der Waals surface area (Å²) in [6, 6.07) is 0. The summed E-state index contributed by atoms with van der Waals surface area (Å²) in [7, 11) is 0. The van der Waals surface area contributed by atoms with E-state index in [1.54, 1.807) is 0 Å². The van der Waals surface area contributed by atoms with Crippen molar-refractivity contribution in [2.24, 2.45) is 0 Å². The molecule has 0 aromatic heterocycles. The molecule has 0 aromatic carbocycles. The Kier molecular flexibility index (Phi) is 8.74. The van der Waals surface area contributed by atoms with E-state index < -0.39 is 0 Å². The molecule has 0 N–H and O–H groups in total. The van der Waals surface area contributed by atoms with Crippen LogP contribution in [-0.4, -0.2) is 18.5 Å². The zero-order valence-electron chi connectivity index (χ0n) is 15.2. The van der Waals surface area contributed by atoms with Gasteiger partial charge in [0.05, 0.1) is 12.7 Å². The van der Waals surface area contributed by atoms with E-state index in [-0.39, 0.29) is 11.9 Å². The van der Waals surface area contributed by atoms with Crippen LogP contribution in [0.5, 0.6) is 0 Å². The van der Waals surface area contributed by atoms with Gasteiger partial charge >= 0.3 is 0 Å². The Morgan fingerprint density at radius 2 is 1.73 bits per heavy atom. The molecule has 0 spiro atoms. The summed E-state index contributed by atoms with van der Waals surface area (Å²) < 4.78 is 11.6. The fourth-order valence-corrected chi connectivity index (χ4v) is 2.73. The Bertz CT molecular complexity index is 406. The monoisotopic (exact) mass is 306 g/mol. The Morgan fingerprint density at radius 3 is 2.32 bits per heavy atom. The van der Waals surface area contributed by atoms with E-state index in [1.165, 1.54) is 17.6 Å². The highest BCUT2D eigenvalue weighted by Crippen LogP contribution is 2.28. The summed E-state index contributed by atoms with van der Waals surface area (Å²) in [5, 5.41) is 0. The molecular formula is C20H34O2. The predicted octanol–water partition coefficient (Wildman–Crippen LogP) is 5.95. The number of rotatable bonds is 9. The highest BCUT2D eigenvalue weighted by atomic mass is 16.7. The van der Waals surface area contributed by atoms with Gasteiger partial charge in [-0.05, 0) is 66.7 Å². The van der Waals surface area contributed by atoms with E-state index >= 15 is 0 Å². The van der Waals surface area contributed by atoms with E-state index in [0.29, 0.717) is 0 Å². The van der Waals surface area contributed by atoms with Crippen LogP contribution >= 0.6 is 0 Å². The minimum atomic E-state index is -0.376. The maximum Gasteiger partial charge on any atom is 0.166 e. The van der Waals surface area contributed by atoms with Crippen molar-refractivity contribution in [3.05, 3.63) is 35.5 Å². The van der Waals surface area contributed by atoms with Crippen LogP contribution in [0.3, 0.4) is 0 Å². The van der Waals surface area contributed by atoms with Crippen LogP contribution in [0.25, 0.3) is 0 Å². The van der Waals surface area contributed by atoms with E-state index in [2.05, 4.69) is 58.9 Å². The summed E-state index contributed by atoms with van der Waals surface area (Å²) in [6.07, 6.45) is 15.9. The van der Waals surface area contributed by atoms with E-state index in [4.69, 9.17) is 9.47 Å². The summed E-state index contributed by atoms with van der Waals surface area (Å²) in [5.41, 5.74) is 2.97. The predicted molar refractivity (Wildman–Crippen MR) is 94.9 cm³/mol. The number of allylic oxidation sites excluding steroid dienone is 6. The van der Waals surface area contributed by atoms with Crippen LogP contribution in [0.1, 0.15) is 73.1 Å². The van der Waals surface area contributed by atoms with Gasteiger partial charge in [-0.3, -0.25) is 0 Å². The van der Waals surface area contributed by atoms with E-state index in [0.717, 1.165) is 38.7 Å². The second-order valence-electron chi connectivity index (χ2n) is 6.66. The summed E-state index contributed by atoms with van der Waals surface area (Å²) in [6.45, 7) is 11.4. The van der Waals surface area contributed by atoms with Gasteiger partial charge in [-0.1, -0.05) is 35.5 Å². The molecule has 2 atom stereocenters. The third-order valence-corrected chi connectivity index (χ3v) is 4.14. The second-order valence-corrected chi connectivity index (χ2v) is 6.66. The van der Waals surface area contributed by atoms with Gasteiger partial charge in [0.15, 0.2) is 5.79 Å². The maximum absolute atomic E-state index is 5.82. The lowest BCUT2D eigenvalue weighted by atomic mass is 10.0. The van der Waals surface area contributed by atoms with Crippen molar-refractivity contribution >= 4 is 0 Å². The van der Waals surface area contributed by atoms with E-state index in [9.17, 15) is 0 Å². The molecule has 0 saturated carbocycles. The van der Waals surface area contributed by atoms with Crippen molar-refractivity contribution in [2.45, 2.75) is 85.0 Å². The first-order valence-electron chi connectivity index (χ1n) is 8.69. The first-order chi connectivity index (χ1) is 10.4. The van der Waals surface area contributed by atoms with Crippen molar-refractivity contribution in [3.63, 3.8) is 0 Å². The number of ether oxygens (including phenoxy) is 2. The molecule has 0 bridgehead atoms. The Morgan fingerprint density at radius 1 is 1.09 bits per heavy atom. The Balaban J connectivity index is 2.21. The average Bonchev–Trinajstić information content (AvgIpc) is 2.79. The lowest BCUT2D eigenvalue weighted by molar-refractivity contribution is -0.155. The smallest absolute Gasteiger partial charge is 0.166 e. The summed E-state index contributed by atoms with van der Waals surface area (Å²) in [5.74, 6) is -0.376. The quantitative estimate of drug-likeness (QED) is 0.490. The maximum atomic E-state index is 5.82. The zero-order valence-corrected chi connectivity index (χ0v) is 15.2. The van der Waals surface area contributed by atoms with Crippen molar-refractivity contribution in [1.82, 2.24) is 0 Å². The molecule has 1 fully saturated rings. The van der Waals surface area contributed by atoms with Crippen LogP contribution in [0.4, 0.5) is 0 Å². The van der Waals surface area contributed by atoms with Crippen LogP contribution in [0.15, 0.2) is 35.5 Å². The molecule has 0 aliphatic carbocycles. The fraction of sp³-hybridized carbons (Fsp3) is 0.700. The Labute approximate surface area is 137 Å². The molecule has 22 heavy (non-hydrogen) atoms. The molecule has 1 heterocycles. The topological polar surface area (TPSA) is 18.5 Å². The first-order valence-corrected chi connectivity index (χ1v) is 8.69. The summed E-state index contributed by atoms with van der Waals surface area (Å²) in [4.78, 5) is 0. The van der Waals surface area contributed by atoms with Gasteiger partial charge < -0.3 is 9.47 Å². The van der Waals surface area contributed by atoms with Gasteiger partial charge in [-0.15, -0.1) is 0 Å². The zero-order chi connectivity index (χ0) is 16.4. The van der Waals surface area contributed by atoms with Crippen molar-refractivity contribution in [3.8, 4) is 0 Å². The highest BCUT2D eigenvalue weighted by Gasteiger charge is 2.34. The third kappa shape index (κ3) is 7.95. The summed E-state index contributed by atoms with van der Waals surface area (Å²) >= 11 is 0. The molecule has 2 nitrogen and oxygen atoms in total. The highest BCUT2D eigenvalue weighted by molar-refractivity contribution is 5.04. The van der Waals surface area contributed by atoms with Gasteiger partial charge in [-0.2, -0.15) is 0 Å². The van der Waals surface area contributed by atoms with Gasteiger partial charge in [0, 0.05) is 6.42 Å². The molecule has 0 aromatic rings. The first kappa shape index (κ1) is 19.2. The molecule has 1 rings (SSSR count). The van der Waals surface area contributed by atoms with Gasteiger partial charge in [0.25, 0.3) is 0 Å². The SMILES string of the molecule is CC=CCCC(C)=CCCC(C)=CCCC1(C)OCC(C)O1. The van der Waals surface area contributed by atoms with Crippen LogP contribution in [-0.2, 0) is 9.47 Å². The molecule has 2 heteroatoms. The molecule has 1 aliphatic heterocycles. The molecule has 0 amide bonds. The number of hydrogen-bond donors (Lipinski definition) is 0. The molecule has 2 unspecified atom stereocenters. The minimum absolute atomic E-state index is 0.228. The molecule has 0 radical (unpaired) electrons. The van der Waals surface area contributed by atoms with Crippen LogP contribution in [0, 0.1) is 0 Å². The van der Waals surface area contributed by atoms with Crippen LogP contribution < -0.4 is 0 Å². The van der Waals surface area contributed by atoms with Crippen molar-refractivity contribution < 1.29 is 9.47 Å². The third-order valence-electron chi connectivity index (χ3n) is 4.14. The lowest BCUT2D eigenvalue weighted by Crippen LogP contribution is -2.25. The van der Waals surface area contributed by atoms with E-state index in [1.807, 2.05) is 0 Å². The molecule has 1 aliphatic rings. The minimum Gasteiger partial charge on any atom is -0.348 e. The number of hydrogen-bond acceptors (Lipinski definition) is 2. The average molecular weight is 306 g/mol. The fourth-order valence-electron chi connectivity index (χ4n) is 2.73. The van der Waals surface area contributed by atoms with Gasteiger partial charge in [0.1, 0.15) is 0 Å². The molecule has 1 saturated heterocycles. The standard InChI is InChI=1S/C20H34O2/c1-6-7-8-11-17(2)12-9-13-18(3)14-10-15-20(5)21-16-19(4)22-20/h6-7,12,14,19H,8-11,13,15-16H2,1-5H3. The Hall–Kier alpha value is -0.860. The lowest BCUT2D eigenvalue weighted by Gasteiger charge is -2.22. The normalized spacial score (nSPS) is 27.0. The van der Waals surface area contributed by atoms with Crippen LogP contribution in [0.2, 0.25) is 0 Å². The second kappa shape index (κ2) is 10.0. The van der Waals surface area contributed by atoms with Gasteiger partial charge in [-0.25, -0.2) is 0 Å².